The van der Waals surface area contributed by atoms with Crippen molar-refractivity contribution in [2.24, 2.45) is 23.2 Å². The van der Waals surface area contributed by atoms with E-state index in [4.69, 9.17) is 4.74 Å². The molecule has 2 N–H and O–H groups in total. The van der Waals surface area contributed by atoms with Crippen molar-refractivity contribution in [2.45, 2.75) is 117 Å². The maximum atomic E-state index is 11.4. The van der Waals surface area contributed by atoms with Crippen LogP contribution in [0.2, 0.25) is 0 Å². The lowest BCUT2D eigenvalue weighted by atomic mass is 9.60. The van der Waals surface area contributed by atoms with Gasteiger partial charge in [0, 0.05) is 19.8 Å². The molecular weight excluding hydrogens is 412 g/mol. The van der Waals surface area contributed by atoms with Crippen molar-refractivity contribution in [1.82, 2.24) is 0 Å². The third-order valence-electron chi connectivity index (χ3n) is 8.75. The number of carbonyl (C=O) groups is 1. The molecule has 0 bridgehead atoms. The molecule has 3 fully saturated rings. The van der Waals surface area contributed by atoms with Gasteiger partial charge in [0.1, 0.15) is 6.10 Å². The number of ether oxygens (including phenoxy) is 1. The van der Waals surface area contributed by atoms with Crippen LogP contribution in [-0.2, 0) is 9.53 Å². The van der Waals surface area contributed by atoms with Crippen molar-refractivity contribution in [3.05, 3.63) is 35.5 Å². The van der Waals surface area contributed by atoms with Gasteiger partial charge < -0.3 is 14.9 Å². The highest BCUT2D eigenvalue weighted by Gasteiger charge is 2.50. The van der Waals surface area contributed by atoms with Gasteiger partial charge in [-0.1, -0.05) is 51.0 Å². The summed E-state index contributed by atoms with van der Waals surface area (Å²) < 4.78 is 5.39. The normalized spacial score (nSPS) is 36.2. The summed E-state index contributed by atoms with van der Waals surface area (Å²) in [6, 6.07) is 0. The van der Waals surface area contributed by atoms with Gasteiger partial charge in [0.15, 0.2) is 0 Å². The molecule has 0 amide bonds. The fourth-order valence-corrected chi connectivity index (χ4v) is 7.04. The quantitative estimate of drug-likeness (QED) is 0.441. The zero-order valence-corrected chi connectivity index (χ0v) is 21.5. The Kier molecular flexibility index (Phi) is 8.32. The molecule has 6 atom stereocenters. The number of aliphatic hydroxyl groups is 2. The standard InChI is InChI=1S/C29H46O4/c1-19(9-7-15-28(4,5)32)25-13-14-26-22(10-8-16-29(25,26)6)11-12-23-17-24(33-21(3)30)18-27(31)20(23)2/h11-12,19,24-27,31-32H,2,7-10,13-18H2,1,3-6H3/b22-11+,23-12-/t19-,24-,25-,26+,27-,29-/m1/s1. The Morgan fingerprint density at radius 1 is 1.33 bits per heavy atom. The third kappa shape index (κ3) is 6.39. The van der Waals surface area contributed by atoms with Crippen LogP contribution in [0.25, 0.3) is 0 Å². The molecule has 0 aromatic heterocycles. The van der Waals surface area contributed by atoms with Crippen molar-refractivity contribution < 1.29 is 19.7 Å². The first kappa shape index (κ1) is 26.2. The van der Waals surface area contributed by atoms with E-state index in [-0.39, 0.29) is 12.1 Å². The number of hydrogen-bond acceptors (Lipinski definition) is 4. The lowest BCUT2D eigenvalue weighted by molar-refractivity contribution is -0.147. The van der Waals surface area contributed by atoms with Crippen LogP contribution < -0.4 is 0 Å². The van der Waals surface area contributed by atoms with Gasteiger partial charge in [-0.2, -0.15) is 0 Å². The van der Waals surface area contributed by atoms with Crippen LogP contribution in [-0.4, -0.2) is 34.0 Å². The Morgan fingerprint density at radius 3 is 2.73 bits per heavy atom. The summed E-state index contributed by atoms with van der Waals surface area (Å²) in [4.78, 5) is 11.4. The monoisotopic (exact) mass is 458 g/mol. The van der Waals surface area contributed by atoms with Crippen LogP contribution in [0.5, 0.6) is 0 Å². The molecule has 0 aromatic rings. The van der Waals surface area contributed by atoms with Gasteiger partial charge in [0.05, 0.1) is 11.7 Å². The molecule has 4 nitrogen and oxygen atoms in total. The number of hydrogen-bond donors (Lipinski definition) is 2. The average Bonchev–Trinajstić information content (AvgIpc) is 3.05. The third-order valence-corrected chi connectivity index (χ3v) is 8.75. The fraction of sp³-hybridized carbons (Fsp3) is 0.759. The minimum atomic E-state index is -0.648. The summed E-state index contributed by atoms with van der Waals surface area (Å²) in [7, 11) is 0. The number of carbonyl (C=O) groups excluding carboxylic acids is 1. The molecule has 0 unspecified atom stereocenters. The SMILES string of the molecule is C=C1/C(=C\C=C2/CCC[C@]3(C)[C@@H]([C@H](C)CCCC(C)(C)O)CC[C@@H]23)C[C@@H](OC(C)=O)C[C@H]1O. The van der Waals surface area contributed by atoms with Gasteiger partial charge >= 0.3 is 5.97 Å². The van der Waals surface area contributed by atoms with Crippen LogP contribution in [0.3, 0.4) is 0 Å². The van der Waals surface area contributed by atoms with Crippen LogP contribution in [0, 0.1) is 23.2 Å². The molecule has 0 spiro atoms. The Balaban J connectivity index is 1.71. The predicted molar refractivity (Wildman–Crippen MR) is 134 cm³/mol. The first-order valence-electron chi connectivity index (χ1n) is 13.1. The summed E-state index contributed by atoms with van der Waals surface area (Å²) in [5.74, 6) is 1.74. The number of rotatable bonds is 7. The van der Waals surface area contributed by atoms with Crippen molar-refractivity contribution in [3.63, 3.8) is 0 Å². The minimum absolute atomic E-state index is 0.273. The van der Waals surface area contributed by atoms with E-state index in [0.29, 0.717) is 30.1 Å². The molecule has 0 aliphatic heterocycles. The summed E-state index contributed by atoms with van der Waals surface area (Å²) >= 11 is 0. The van der Waals surface area contributed by atoms with Gasteiger partial charge in [-0.15, -0.1) is 0 Å². The number of allylic oxidation sites excluding steroid dienone is 3. The summed E-state index contributed by atoms with van der Waals surface area (Å²) in [6.07, 6.45) is 13.9. The van der Waals surface area contributed by atoms with Crippen molar-refractivity contribution >= 4 is 5.97 Å². The summed E-state index contributed by atoms with van der Waals surface area (Å²) in [5, 5.41) is 20.5. The average molecular weight is 459 g/mol. The van der Waals surface area contributed by atoms with Gasteiger partial charge in [-0.25, -0.2) is 0 Å². The van der Waals surface area contributed by atoms with Gasteiger partial charge in [-0.3, -0.25) is 4.79 Å². The van der Waals surface area contributed by atoms with E-state index < -0.39 is 11.7 Å². The largest absolute Gasteiger partial charge is 0.462 e. The first-order valence-corrected chi connectivity index (χ1v) is 13.1. The van der Waals surface area contributed by atoms with Crippen molar-refractivity contribution in [2.75, 3.05) is 0 Å². The predicted octanol–water partition coefficient (Wildman–Crippen LogP) is 6.28. The molecule has 4 heteroatoms. The van der Waals surface area contributed by atoms with E-state index in [2.05, 4.69) is 32.6 Å². The van der Waals surface area contributed by atoms with Crippen LogP contribution >= 0.6 is 0 Å². The number of fused-ring (bicyclic) bond motifs is 1. The second-order valence-electron chi connectivity index (χ2n) is 11.9. The first-order chi connectivity index (χ1) is 15.4. The van der Waals surface area contributed by atoms with Gasteiger partial charge in [0.2, 0.25) is 0 Å². The van der Waals surface area contributed by atoms with Crippen molar-refractivity contribution in [1.29, 1.82) is 0 Å². The molecule has 0 saturated heterocycles. The highest BCUT2D eigenvalue weighted by Crippen LogP contribution is 2.60. The summed E-state index contributed by atoms with van der Waals surface area (Å²) in [6.45, 7) is 14.3. The van der Waals surface area contributed by atoms with E-state index >= 15 is 0 Å². The second-order valence-corrected chi connectivity index (χ2v) is 11.9. The fourth-order valence-electron chi connectivity index (χ4n) is 7.04. The van der Waals surface area contributed by atoms with Gasteiger partial charge in [-0.05, 0) is 86.7 Å². The van der Waals surface area contributed by atoms with E-state index in [1.807, 2.05) is 13.8 Å². The highest BCUT2D eigenvalue weighted by molar-refractivity contribution is 5.66. The van der Waals surface area contributed by atoms with E-state index in [0.717, 1.165) is 36.3 Å². The molecule has 0 aromatic carbocycles. The molecular formula is C29H46O4. The zero-order chi connectivity index (χ0) is 24.4. The van der Waals surface area contributed by atoms with E-state index in [1.54, 1.807) is 5.57 Å². The maximum absolute atomic E-state index is 11.4. The molecule has 0 radical (unpaired) electrons. The lowest BCUT2D eigenvalue weighted by Gasteiger charge is -2.44. The smallest absolute Gasteiger partial charge is 0.302 e. The minimum Gasteiger partial charge on any atom is -0.462 e. The molecule has 33 heavy (non-hydrogen) atoms. The molecule has 3 rings (SSSR count). The Labute approximate surface area is 201 Å². The molecule has 3 aliphatic rings. The molecule has 3 aliphatic carbocycles. The van der Waals surface area contributed by atoms with Crippen LogP contribution in [0.1, 0.15) is 98.8 Å². The molecule has 3 saturated carbocycles. The van der Waals surface area contributed by atoms with Gasteiger partial charge in [0.25, 0.3) is 0 Å². The Bertz CT molecular complexity index is 786. The maximum Gasteiger partial charge on any atom is 0.302 e. The molecule has 0 heterocycles. The van der Waals surface area contributed by atoms with Crippen molar-refractivity contribution in [3.8, 4) is 0 Å². The van der Waals surface area contributed by atoms with Crippen LogP contribution in [0.4, 0.5) is 0 Å². The van der Waals surface area contributed by atoms with E-state index in [1.165, 1.54) is 39.0 Å². The lowest BCUT2D eigenvalue weighted by Crippen LogP contribution is -2.36. The number of aliphatic hydroxyl groups excluding tert-OH is 1. The van der Waals surface area contributed by atoms with E-state index in [9.17, 15) is 15.0 Å². The highest BCUT2D eigenvalue weighted by atomic mass is 16.5. The zero-order valence-electron chi connectivity index (χ0n) is 21.5. The second kappa shape index (κ2) is 10.5. The topological polar surface area (TPSA) is 66.8 Å². The summed E-state index contributed by atoms with van der Waals surface area (Å²) in [5.41, 5.74) is 3.09. The Hall–Kier alpha value is -1.39. The Morgan fingerprint density at radius 2 is 2.06 bits per heavy atom. The molecule has 186 valence electrons. The van der Waals surface area contributed by atoms with Crippen LogP contribution in [0.15, 0.2) is 35.5 Å². The number of esters is 1.